The van der Waals surface area contributed by atoms with Gasteiger partial charge in [0.2, 0.25) is 0 Å². The lowest BCUT2D eigenvalue weighted by atomic mass is 9.82. The van der Waals surface area contributed by atoms with E-state index >= 15 is 0 Å². The zero-order valence-corrected chi connectivity index (χ0v) is 9.34. The summed E-state index contributed by atoms with van der Waals surface area (Å²) in [6.45, 7) is 5.63. The number of ketones is 1. The Morgan fingerprint density at radius 1 is 1.43 bits per heavy atom. The minimum atomic E-state index is -0.957. The minimum absolute atomic E-state index is 0.0794. The Hall–Kier alpha value is -0.630. The second-order valence-electron chi connectivity index (χ2n) is 4.59. The number of aliphatic hydroxyl groups is 1. The van der Waals surface area contributed by atoms with Crippen molar-refractivity contribution in [1.82, 2.24) is 0 Å². The van der Waals surface area contributed by atoms with Crippen LogP contribution in [0.25, 0.3) is 0 Å². The summed E-state index contributed by atoms with van der Waals surface area (Å²) in [5, 5.41) is 10.2. The van der Waals surface area contributed by atoms with E-state index < -0.39 is 5.60 Å². The van der Waals surface area contributed by atoms with Crippen molar-refractivity contribution in [3.63, 3.8) is 0 Å². The van der Waals surface area contributed by atoms with Gasteiger partial charge in [0.15, 0.2) is 5.78 Å². The molecular weight excluding hydrogens is 176 g/mol. The SMILES string of the molecule is CC(C)C(C)(O)C1=CCCCCC1=O. The summed E-state index contributed by atoms with van der Waals surface area (Å²) in [7, 11) is 0. The third-order valence-electron chi connectivity index (χ3n) is 3.18. The molecule has 2 nitrogen and oxygen atoms in total. The number of carbonyl (C=O) groups is 1. The molecule has 1 unspecified atom stereocenters. The highest BCUT2D eigenvalue weighted by Gasteiger charge is 2.33. The zero-order chi connectivity index (χ0) is 10.8. The van der Waals surface area contributed by atoms with Gasteiger partial charge in [-0.3, -0.25) is 4.79 Å². The molecule has 0 radical (unpaired) electrons. The Balaban J connectivity index is 2.93. The van der Waals surface area contributed by atoms with Crippen LogP contribution in [0.2, 0.25) is 0 Å². The van der Waals surface area contributed by atoms with Crippen molar-refractivity contribution in [2.24, 2.45) is 5.92 Å². The Kier molecular flexibility index (Phi) is 3.48. The molecule has 2 heteroatoms. The van der Waals surface area contributed by atoms with Gasteiger partial charge in [-0.25, -0.2) is 0 Å². The minimum Gasteiger partial charge on any atom is -0.385 e. The summed E-state index contributed by atoms with van der Waals surface area (Å²) in [4.78, 5) is 11.7. The lowest BCUT2D eigenvalue weighted by Crippen LogP contribution is -2.36. The summed E-state index contributed by atoms with van der Waals surface area (Å²) >= 11 is 0. The van der Waals surface area contributed by atoms with Crippen LogP contribution in [0.3, 0.4) is 0 Å². The van der Waals surface area contributed by atoms with Crippen LogP contribution in [0.15, 0.2) is 11.6 Å². The van der Waals surface area contributed by atoms with Crippen molar-refractivity contribution < 1.29 is 9.90 Å². The van der Waals surface area contributed by atoms with Crippen LogP contribution in [-0.2, 0) is 4.79 Å². The molecule has 0 bridgehead atoms. The Labute approximate surface area is 86.0 Å². The number of hydrogen-bond acceptors (Lipinski definition) is 2. The van der Waals surface area contributed by atoms with E-state index in [0.29, 0.717) is 12.0 Å². The number of hydrogen-bond donors (Lipinski definition) is 1. The molecule has 80 valence electrons. The molecule has 0 aromatic heterocycles. The van der Waals surface area contributed by atoms with Gasteiger partial charge in [-0.1, -0.05) is 19.9 Å². The average Bonchev–Trinajstić information content (AvgIpc) is 2.29. The van der Waals surface area contributed by atoms with Crippen molar-refractivity contribution >= 4 is 5.78 Å². The molecule has 1 rings (SSSR count). The summed E-state index contributed by atoms with van der Waals surface area (Å²) in [6, 6.07) is 0. The molecule has 0 saturated heterocycles. The molecule has 0 aliphatic heterocycles. The molecule has 1 N–H and O–H groups in total. The number of carbonyl (C=O) groups excluding carboxylic acids is 1. The largest absolute Gasteiger partial charge is 0.385 e. The monoisotopic (exact) mass is 196 g/mol. The highest BCUT2D eigenvalue weighted by atomic mass is 16.3. The molecule has 1 atom stereocenters. The molecule has 0 aromatic carbocycles. The molecule has 0 saturated carbocycles. The van der Waals surface area contributed by atoms with Crippen molar-refractivity contribution in [2.45, 2.75) is 52.1 Å². The maximum absolute atomic E-state index is 11.7. The molecule has 1 aliphatic rings. The zero-order valence-electron chi connectivity index (χ0n) is 9.34. The lowest BCUT2D eigenvalue weighted by Gasteiger charge is -2.29. The average molecular weight is 196 g/mol. The Bertz CT molecular complexity index is 249. The van der Waals surface area contributed by atoms with Crippen LogP contribution < -0.4 is 0 Å². The molecule has 1 aliphatic carbocycles. The second kappa shape index (κ2) is 4.26. The normalized spacial score (nSPS) is 22.9. The van der Waals surface area contributed by atoms with E-state index in [1.54, 1.807) is 6.92 Å². The molecule has 0 amide bonds. The molecule has 14 heavy (non-hydrogen) atoms. The van der Waals surface area contributed by atoms with Gasteiger partial charge in [0.25, 0.3) is 0 Å². The highest BCUT2D eigenvalue weighted by Crippen LogP contribution is 2.29. The summed E-state index contributed by atoms with van der Waals surface area (Å²) < 4.78 is 0. The molecule has 0 aromatic rings. The maximum Gasteiger partial charge on any atom is 0.161 e. The number of allylic oxidation sites excluding steroid dienone is 1. The number of rotatable bonds is 2. The second-order valence-corrected chi connectivity index (χ2v) is 4.59. The smallest absolute Gasteiger partial charge is 0.161 e. The molecule has 0 fully saturated rings. The van der Waals surface area contributed by atoms with E-state index in [4.69, 9.17) is 0 Å². The van der Waals surface area contributed by atoms with E-state index in [-0.39, 0.29) is 11.7 Å². The fourth-order valence-electron chi connectivity index (χ4n) is 1.72. The van der Waals surface area contributed by atoms with E-state index in [1.807, 2.05) is 19.9 Å². The quantitative estimate of drug-likeness (QED) is 0.736. The first-order valence-corrected chi connectivity index (χ1v) is 5.42. The predicted octanol–water partition coefficient (Wildman–Crippen LogP) is 2.46. The topological polar surface area (TPSA) is 37.3 Å². The van der Waals surface area contributed by atoms with Gasteiger partial charge in [0.1, 0.15) is 0 Å². The van der Waals surface area contributed by atoms with Gasteiger partial charge in [-0.2, -0.15) is 0 Å². The van der Waals surface area contributed by atoms with E-state index in [1.165, 1.54) is 0 Å². The lowest BCUT2D eigenvalue weighted by molar-refractivity contribution is -0.118. The predicted molar refractivity (Wildman–Crippen MR) is 57.0 cm³/mol. The summed E-state index contributed by atoms with van der Waals surface area (Å²) in [6.07, 6.45) is 5.45. The highest BCUT2D eigenvalue weighted by molar-refractivity contribution is 5.97. The third kappa shape index (κ3) is 2.24. The van der Waals surface area contributed by atoms with E-state index in [9.17, 15) is 9.90 Å². The van der Waals surface area contributed by atoms with Crippen LogP contribution >= 0.6 is 0 Å². The third-order valence-corrected chi connectivity index (χ3v) is 3.18. The van der Waals surface area contributed by atoms with Crippen molar-refractivity contribution in [3.8, 4) is 0 Å². The van der Waals surface area contributed by atoms with Gasteiger partial charge in [-0.15, -0.1) is 0 Å². The van der Waals surface area contributed by atoms with E-state index in [0.717, 1.165) is 19.3 Å². The van der Waals surface area contributed by atoms with Gasteiger partial charge >= 0.3 is 0 Å². The van der Waals surface area contributed by atoms with Gasteiger partial charge < -0.3 is 5.11 Å². The van der Waals surface area contributed by atoms with Crippen LogP contribution in [0.4, 0.5) is 0 Å². The molecule has 0 heterocycles. The van der Waals surface area contributed by atoms with Crippen LogP contribution in [0, 0.1) is 5.92 Å². The fourth-order valence-corrected chi connectivity index (χ4v) is 1.72. The first kappa shape index (κ1) is 11.4. The standard InChI is InChI=1S/C12H20O2/c1-9(2)12(3,14)10-7-5-4-6-8-11(10)13/h7,9,14H,4-6,8H2,1-3H3. The number of Topliss-reactive ketones (excluding diaryl/α,β-unsaturated/α-hetero) is 1. The summed E-state index contributed by atoms with van der Waals surface area (Å²) in [5.74, 6) is 0.206. The maximum atomic E-state index is 11.7. The van der Waals surface area contributed by atoms with Crippen molar-refractivity contribution in [3.05, 3.63) is 11.6 Å². The molecular formula is C12H20O2. The van der Waals surface area contributed by atoms with E-state index in [2.05, 4.69) is 0 Å². The van der Waals surface area contributed by atoms with Gasteiger partial charge in [0.05, 0.1) is 5.60 Å². The Morgan fingerprint density at radius 3 is 2.64 bits per heavy atom. The summed E-state index contributed by atoms with van der Waals surface area (Å²) in [5.41, 5.74) is -0.327. The first-order valence-electron chi connectivity index (χ1n) is 5.42. The molecule has 0 spiro atoms. The van der Waals surface area contributed by atoms with Gasteiger partial charge in [-0.05, 0) is 32.1 Å². The van der Waals surface area contributed by atoms with Crippen molar-refractivity contribution in [1.29, 1.82) is 0 Å². The van der Waals surface area contributed by atoms with Crippen LogP contribution in [0.1, 0.15) is 46.5 Å². The Morgan fingerprint density at radius 2 is 2.07 bits per heavy atom. The van der Waals surface area contributed by atoms with Crippen molar-refractivity contribution in [2.75, 3.05) is 0 Å². The fraction of sp³-hybridized carbons (Fsp3) is 0.750. The first-order chi connectivity index (χ1) is 6.46. The van der Waals surface area contributed by atoms with Gasteiger partial charge in [0, 0.05) is 12.0 Å². The van der Waals surface area contributed by atoms with Crippen LogP contribution in [0.5, 0.6) is 0 Å². The van der Waals surface area contributed by atoms with Crippen LogP contribution in [-0.4, -0.2) is 16.5 Å².